The molecule has 128 heavy (non-hydrogen) atoms. The average molecular weight is 1780 g/mol. The summed E-state index contributed by atoms with van der Waals surface area (Å²) in [5, 5.41) is 45.4. The molecule has 1 saturated heterocycles. The summed E-state index contributed by atoms with van der Waals surface area (Å²) in [7, 11) is 6.58. The fourth-order valence-electron chi connectivity index (χ4n) is 14.9. The van der Waals surface area contributed by atoms with Crippen LogP contribution in [0, 0.1) is 11.8 Å². The minimum atomic E-state index is -1.90. The molecule has 14 N–H and O–H groups in total. The van der Waals surface area contributed by atoms with Crippen molar-refractivity contribution < 1.29 is 86.9 Å². The second kappa shape index (κ2) is 48.9. The molecule has 8 rings (SSSR count). The SMILES string of the molecule is CCCC[C@H]1C(=O)N(C)CC(=O)N[C@@H](CC(=O)O)C(=O)N[C@@H](C(C)C)C(=O)N(C)C(Cc2ccccc2)C(=O)N[C@@H](Cc2ccc(O)cc2)C(=O)N(C)CC(=O)N[C@@H](Cc2c[nH]c3ccccc23)C(=O)N[C@@H](Cc2ccccc2)C(=O)N[C@@H](CC(C)C)C(=O)N[C@H](C(=O)NCC(N)=O)CSCC(=O)N[C@@H](Cc2ccccc2)C(=O)N(C)[C@@H](Cc2ccccc2)C(=O)N1C. The van der Waals surface area contributed by atoms with Crippen LogP contribution < -0.4 is 53.6 Å². The van der Waals surface area contributed by atoms with E-state index >= 15 is 33.6 Å². The lowest BCUT2D eigenvalue weighted by Gasteiger charge is -2.37. The summed E-state index contributed by atoms with van der Waals surface area (Å²) in [6.45, 7) is 6.28. The van der Waals surface area contributed by atoms with Crippen molar-refractivity contribution in [3.63, 3.8) is 0 Å². The highest BCUT2D eigenvalue weighted by Gasteiger charge is 2.42. The number of benzene rings is 6. The van der Waals surface area contributed by atoms with E-state index < -0.39 is 199 Å². The van der Waals surface area contributed by atoms with Gasteiger partial charge in [-0.3, -0.25) is 76.7 Å². The van der Waals surface area contributed by atoms with Crippen LogP contribution in [0.5, 0.6) is 5.75 Å². The lowest BCUT2D eigenvalue weighted by Crippen LogP contribution is -2.61. The number of aromatic hydroxyl groups is 1. The molecule has 2 heterocycles. The van der Waals surface area contributed by atoms with Crippen LogP contribution in [-0.2, 0) is 115 Å². The number of phenolic OH excluding ortho intramolecular Hbond substituents is 1. The third kappa shape index (κ3) is 30.1. The predicted molar refractivity (Wildman–Crippen MR) is 480 cm³/mol. The number of likely N-dealkylation sites (N-methyl/N-ethyl adjacent to an activating group) is 5. The number of nitrogens with zero attached hydrogens (tertiary/aromatic N) is 5. The van der Waals surface area contributed by atoms with E-state index in [-0.39, 0.29) is 68.8 Å². The van der Waals surface area contributed by atoms with Gasteiger partial charge in [-0.2, -0.15) is 0 Å². The zero-order valence-electron chi connectivity index (χ0n) is 73.7. The fraction of sp³-hybridized carbons (Fsp3) is 0.419. The number of nitrogens with one attached hydrogen (secondary N) is 10. The van der Waals surface area contributed by atoms with Gasteiger partial charge in [0.15, 0.2) is 0 Å². The van der Waals surface area contributed by atoms with Crippen molar-refractivity contribution in [2.24, 2.45) is 17.6 Å². The van der Waals surface area contributed by atoms with E-state index in [1.165, 1.54) is 69.3 Å². The molecule has 0 aliphatic carbocycles. The molecule has 0 bridgehead atoms. The Bertz CT molecular complexity index is 5010. The van der Waals surface area contributed by atoms with Gasteiger partial charge in [-0.15, -0.1) is 11.8 Å². The van der Waals surface area contributed by atoms with E-state index in [4.69, 9.17) is 5.73 Å². The van der Waals surface area contributed by atoms with Crippen LogP contribution in [0.3, 0.4) is 0 Å². The second-order valence-corrected chi connectivity index (χ2v) is 33.9. The number of carbonyl (C=O) groups is 16. The van der Waals surface area contributed by atoms with Crippen molar-refractivity contribution in [3.05, 3.63) is 209 Å². The third-order valence-electron chi connectivity index (χ3n) is 22.0. The van der Waals surface area contributed by atoms with Crippen LogP contribution in [0.25, 0.3) is 10.9 Å². The molecular formula is C93H118N16O18S. The number of amides is 15. The van der Waals surface area contributed by atoms with Crippen molar-refractivity contribution in [2.45, 2.75) is 172 Å². The highest BCUT2D eigenvalue weighted by Crippen LogP contribution is 2.24. The average Bonchev–Trinajstić information content (AvgIpc) is 1.45. The van der Waals surface area contributed by atoms with E-state index in [1.807, 2.05) is 6.92 Å². The van der Waals surface area contributed by atoms with Gasteiger partial charge in [0.2, 0.25) is 88.6 Å². The molecule has 15 amide bonds. The quantitative estimate of drug-likeness (QED) is 0.0438. The molecule has 0 radical (unpaired) electrons. The molecule has 6 aromatic carbocycles. The lowest BCUT2D eigenvalue weighted by atomic mass is 9.98. The Labute approximate surface area is 748 Å². The first-order chi connectivity index (χ1) is 61.0. The van der Waals surface area contributed by atoms with Gasteiger partial charge < -0.3 is 93.3 Å². The molecule has 7 aromatic rings. The largest absolute Gasteiger partial charge is 0.508 e. The number of aromatic amines is 1. The number of para-hydroxylation sites is 1. The van der Waals surface area contributed by atoms with Crippen molar-refractivity contribution in [2.75, 3.05) is 66.4 Å². The summed E-state index contributed by atoms with van der Waals surface area (Å²) in [6, 6.07) is 30.6. The molecule has 1 aliphatic heterocycles. The fourth-order valence-corrected chi connectivity index (χ4v) is 15.8. The molecule has 0 saturated carbocycles. The zero-order chi connectivity index (χ0) is 93.4. The predicted octanol–water partition coefficient (Wildman–Crippen LogP) is 2.62. The van der Waals surface area contributed by atoms with Crippen molar-refractivity contribution in [1.82, 2.24) is 77.3 Å². The normalized spacial score (nSPS) is 22.0. The number of fused-ring (bicyclic) bond motifs is 1. The summed E-state index contributed by atoms with van der Waals surface area (Å²) in [6.07, 6.45) is 0.359. The number of carboxylic acid groups (broad SMARTS) is 1. The van der Waals surface area contributed by atoms with Crippen LogP contribution in [0.15, 0.2) is 176 Å². The lowest BCUT2D eigenvalue weighted by molar-refractivity contribution is -0.151. The Balaban J connectivity index is 1.21. The zero-order valence-corrected chi connectivity index (χ0v) is 74.5. The van der Waals surface area contributed by atoms with Crippen LogP contribution in [-0.4, -0.2) is 267 Å². The minimum absolute atomic E-state index is 0.0360. The van der Waals surface area contributed by atoms with Crippen LogP contribution in [0.4, 0.5) is 0 Å². The van der Waals surface area contributed by atoms with Gasteiger partial charge in [0.1, 0.15) is 72.2 Å². The Morgan fingerprint density at radius 1 is 0.461 bits per heavy atom. The maximum Gasteiger partial charge on any atom is 0.305 e. The molecule has 1 fully saturated rings. The molecular weight excluding hydrogens is 1660 g/mol. The summed E-state index contributed by atoms with van der Waals surface area (Å²) >= 11 is 0.846. The molecule has 0 spiro atoms. The molecule has 34 nitrogen and oxygen atoms in total. The molecule has 1 unspecified atom stereocenters. The number of unbranched alkanes of at least 4 members (excludes halogenated alkanes) is 1. The Hall–Kier alpha value is -13.5. The number of aromatic nitrogens is 1. The number of H-pyrrole nitrogens is 1. The number of phenols is 1. The summed E-state index contributed by atoms with van der Waals surface area (Å²) < 4.78 is 0. The number of hydrogen-bond donors (Lipinski definition) is 13. The molecule has 1 aromatic heterocycles. The van der Waals surface area contributed by atoms with Gasteiger partial charge in [0.25, 0.3) is 0 Å². The molecule has 684 valence electrons. The van der Waals surface area contributed by atoms with Gasteiger partial charge in [-0.05, 0) is 76.3 Å². The number of carboxylic acids is 1. The Kier molecular flexibility index (Phi) is 38.2. The van der Waals surface area contributed by atoms with Gasteiger partial charge in [-0.25, -0.2) is 0 Å². The van der Waals surface area contributed by atoms with E-state index in [0.717, 1.165) is 26.5 Å². The van der Waals surface area contributed by atoms with Gasteiger partial charge >= 0.3 is 5.97 Å². The highest BCUT2D eigenvalue weighted by molar-refractivity contribution is 8.00. The monoisotopic (exact) mass is 1780 g/mol. The second-order valence-electron chi connectivity index (χ2n) is 32.9. The maximum atomic E-state index is 15.5. The number of hydrogen-bond acceptors (Lipinski definition) is 18. The van der Waals surface area contributed by atoms with Gasteiger partial charge in [0, 0.05) is 96.6 Å². The van der Waals surface area contributed by atoms with Gasteiger partial charge in [-0.1, -0.05) is 199 Å². The third-order valence-corrected chi connectivity index (χ3v) is 23.0. The number of carbonyl (C=O) groups excluding carboxylic acids is 15. The van der Waals surface area contributed by atoms with E-state index in [0.29, 0.717) is 57.1 Å². The number of rotatable bonds is 23. The van der Waals surface area contributed by atoms with Crippen molar-refractivity contribution in [1.29, 1.82) is 0 Å². The van der Waals surface area contributed by atoms with Crippen LogP contribution in [0.1, 0.15) is 100 Å². The molecule has 11 atom stereocenters. The number of nitrogens with two attached hydrogens (primary N) is 1. The van der Waals surface area contributed by atoms with E-state index in [2.05, 4.69) is 52.8 Å². The highest BCUT2D eigenvalue weighted by atomic mass is 32.2. The van der Waals surface area contributed by atoms with Crippen LogP contribution >= 0.6 is 11.8 Å². The summed E-state index contributed by atoms with van der Waals surface area (Å²) in [5.74, 6) is -16.9. The number of primary amides is 1. The topological polar surface area (TPSA) is 480 Å². The minimum Gasteiger partial charge on any atom is -0.508 e. The van der Waals surface area contributed by atoms with Gasteiger partial charge in [0.05, 0.1) is 31.8 Å². The Morgan fingerprint density at radius 3 is 1.45 bits per heavy atom. The van der Waals surface area contributed by atoms with E-state index in [9.17, 15) is 53.4 Å². The Morgan fingerprint density at radius 2 is 0.906 bits per heavy atom. The van der Waals surface area contributed by atoms with E-state index in [1.54, 1.807) is 179 Å². The summed E-state index contributed by atoms with van der Waals surface area (Å²) in [5.41, 5.74) is 9.36. The maximum absolute atomic E-state index is 15.5. The molecule has 1 aliphatic rings. The van der Waals surface area contributed by atoms with Crippen LogP contribution in [0.2, 0.25) is 0 Å². The first kappa shape index (κ1) is 99.9. The first-order valence-corrected chi connectivity index (χ1v) is 43.7. The van der Waals surface area contributed by atoms with Crippen molar-refractivity contribution in [3.8, 4) is 5.75 Å². The van der Waals surface area contributed by atoms with Crippen molar-refractivity contribution >= 4 is 117 Å². The molecule has 35 heteroatoms. The smallest absolute Gasteiger partial charge is 0.305 e. The standard InChI is InChI=1S/C93H118N16O18S/c1-11-12-37-74-91(125)106(7)53-79(113)98-70(49-81(115)116)87(121)104-82(57(4)5)93(127)108(9)75(46-60-31-21-15-22-32-60)88(122)102-71(45-62-38-40-64(110)41-39-62)89(123)105(6)52-78(112)97-69(48-63-50-95-66-36-26-25-35-65(63)66)86(120)101-68(43-58-27-17-13-18-28-58)85(119)100-67(42-56(2)3)84(118)103-73(83(117)96-51-77(94)111)54-128-55-80(114)99-72(44-59-29-19-14-20-30-59)90(124)109(10)76(92(126)107(74)8)47-61-33-23-16-24-34-61/h13-36,38-41,50,56-57,67-76,82,95,110H,11-12,37,42-49,51-55H2,1-10H3,(H2,94,111)(H,96,117)(H,97,112)(H,98,113)(H,99,114)(H,100,119)(H,101,120)(H,102,122)(H,103,118)(H,104,121)(H,115,116)/t67-,68-,69-,70-,71-,72-,73-,74-,75?,76-,82-/m0/s1. The number of aliphatic carboxylic acids is 1. The summed E-state index contributed by atoms with van der Waals surface area (Å²) in [4.78, 5) is 243. The first-order valence-electron chi connectivity index (χ1n) is 42.5. The number of thioether (sulfide) groups is 1.